The van der Waals surface area contributed by atoms with Gasteiger partial charge in [-0.2, -0.15) is 5.10 Å². The Morgan fingerprint density at radius 1 is 1.29 bits per heavy atom. The average molecular weight is 289 g/mol. The lowest BCUT2D eigenvalue weighted by atomic mass is 9.97. The van der Waals surface area contributed by atoms with Crippen molar-refractivity contribution < 1.29 is 5.11 Å². The van der Waals surface area contributed by atoms with Gasteiger partial charge in [0, 0.05) is 18.8 Å². The van der Waals surface area contributed by atoms with E-state index in [9.17, 15) is 0 Å². The van der Waals surface area contributed by atoms with Crippen molar-refractivity contribution in [2.45, 2.75) is 19.8 Å². The number of nitrogens with zero attached hydrogens (tertiary/aromatic N) is 3. The fourth-order valence-electron chi connectivity index (χ4n) is 2.60. The lowest BCUT2D eigenvalue weighted by Gasteiger charge is -2.22. The van der Waals surface area contributed by atoms with E-state index in [1.165, 1.54) is 5.01 Å². The fraction of sp³-hybridized carbons (Fsp3) is 0.467. The van der Waals surface area contributed by atoms with E-state index < -0.39 is 0 Å². The molecule has 6 nitrogen and oxygen atoms in total. The highest BCUT2D eigenvalue weighted by atomic mass is 16.3. The van der Waals surface area contributed by atoms with Gasteiger partial charge >= 0.3 is 0 Å². The molecular weight excluding hydrogens is 266 g/mol. The molecule has 1 aliphatic rings. The summed E-state index contributed by atoms with van der Waals surface area (Å²) in [7, 11) is 0. The molecule has 0 aliphatic carbocycles. The van der Waals surface area contributed by atoms with Gasteiger partial charge in [-0.25, -0.2) is 5.01 Å². The molecule has 0 saturated heterocycles. The molecule has 6 heteroatoms. The molecule has 1 aromatic rings. The van der Waals surface area contributed by atoms with Gasteiger partial charge in [-0.3, -0.25) is 5.41 Å². The first-order valence-electron chi connectivity index (χ1n) is 7.28. The fourth-order valence-corrected chi connectivity index (χ4v) is 2.60. The number of aliphatic hydroxyl groups excluding tert-OH is 1. The van der Waals surface area contributed by atoms with E-state index in [-0.39, 0.29) is 12.5 Å². The van der Waals surface area contributed by atoms with E-state index in [1.54, 1.807) is 0 Å². The molecule has 2 rings (SSSR count). The molecule has 1 aliphatic heterocycles. The van der Waals surface area contributed by atoms with Crippen LogP contribution in [-0.2, 0) is 0 Å². The molecule has 0 aromatic heterocycles. The highest BCUT2D eigenvalue weighted by Gasteiger charge is 2.31. The van der Waals surface area contributed by atoms with Crippen molar-refractivity contribution in [2.75, 3.05) is 31.1 Å². The Kier molecular flexibility index (Phi) is 4.80. The van der Waals surface area contributed by atoms with Crippen molar-refractivity contribution in [1.82, 2.24) is 5.01 Å². The minimum atomic E-state index is -0.317. The number of rotatable bonds is 6. The second-order valence-corrected chi connectivity index (χ2v) is 4.95. The summed E-state index contributed by atoms with van der Waals surface area (Å²) in [5.41, 5.74) is 8.07. The summed E-state index contributed by atoms with van der Waals surface area (Å²) >= 11 is 0. The second kappa shape index (κ2) is 6.58. The highest BCUT2D eigenvalue weighted by molar-refractivity contribution is 6.12. The quantitative estimate of drug-likeness (QED) is 0.733. The van der Waals surface area contributed by atoms with E-state index in [0.717, 1.165) is 24.3 Å². The second-order valence-electron chi connectivity index (χ2n) is 4.95. The van der Waals surface area contributed by atoms with Crippen LogP contribution in [0.25, 0.3) is 0 Å². The summed E-state index contributed by atoms with van der Waals surface area (Å²) in [4.78, 5) is 2.26. The third-order valence-electron chi connectivity index (χ3n) is 3.75. The molecule has 1 heterocycles. The van der Waals surface area contributed by atoms with Gasteiger partial charge in [0.15, 0.2) is 0 Å². The van der Waals surface area contributed by atoms with Gasteiger partial charge in [0.2, 0.25) is 0 Å². The zero-order valence-electron chi connectivity index (χ0n) is 12.6. The molecule has 21 heavy (non-hydrogen) atoms. The topological polar surface area (TPSA) is 88.9 Å². The Morgan fingerprint density at radius 2 is 1.90 bits per heavy atom. The molecule has 1 aromatic carbocycles. The zero-order chi connectivity index (χ0) is 15.4. The number of hydrogen-bond donors (Lipinski definition) is 3. The normalized spacial score (nSPS) is 18.0. The molecule has 114 valence electrons. The number of aliphatic hydroxyl groups is 1. The molecule has 0 spiro atoms. The van der Waals surface area contributed by atoms with Crippen LogP contribution in [0, 0.1) is 5.41 Å². The number of hydrogen-bond acceptors (Lipinski definition) is 5. The van der Waals surface area contributed by atoms with Gasteiger partial charge in [-0.05, 0) is 31.5 Å². The van der Waals surface area contributed by atoms with E-state index in [4.69, 9.17) is 16.2 Å². The van der Waals surface area contributed by atoms with Crippen molar-refractivity contribution >= 4 is 17.4 Å². The number of amidine groups is 2. The predicted octanol–water partition coefficient (Wildman–Crippen LogP) is 1.17. The Labute approximate surface area is 125 Å². The maximum absolute atomic E-state index is 8.99. The average Bonchev–Trinajstić information content (AvgIpc) is 2.76. The van der Waals surface area contributed by atoms with E-state index in [0.29, 0.717) is 18.2 Å². The summed E-state index contributed by atoms with van der Waals surface area (Å²) in [6.45, 7) is 6.43. The van der Waals surface area contributed by atoms with E-state index in [2.05, 4.69) is 36.0 Å². The molecule has 1 unspecified atom stereocenters. The van der Waals surface area contributed by atoms with Crippen molar-refractivity contribution in [3.05, 3.63) is 29.8 Å². The van der Waals surface area contributed by atoms with Crippen LogP contribution in [0.2, 0.25) is 0 Å². The standard InChI is InChI=1S/C15H23N5O/c1-3-19(4-2)12-7-5-11(6-8-12)13-14(16)18-20(9-10-21)15(13)17/h5-8,13,17,21H,3-4,9-10H2,1-2H3,(H2,16,18). The Morgan fingerprint density at radius 3 is 2.43 bits per heavy atom. The lowest BCUT2D eigenvalue weighted by molar-refractivity contribution is 0.254. The Bertz CT molecular complexity index is 521. The number of β-amino-alcohol motifs (C(OH)–C–C–N with tert-alkyl or cyclic N) is 1. The number of hydrazone groups is 1. The molecule has 0 fully saturated rings. The number of anilines is 1. The maximum atomic E-state index is 8.99. The predicted molar refractivity (Wildman–Crippen MR) is 85.9 cm³/mol. The summed E-state index contributed by atoms with van der Waals surface area (Å²) in [5, 5.41) is 22.7. The molecule has 4 N–H and O–H groups in total. The number of nitrogens with two attached hydrogens (primary N) is 1. The molecular formula is C15H23N5O. The van der Waals surface area contributed by atoms with Crippen molar-refractivity contribution in [2.24, 2.45) is 10.8 Å². The minimum Gasteiger partial charge on any atom is -0.394 e. The summed E-state index contributed by atoms with van der Waals surface area (Å²) in [6.07, 6.45) is 0. The zero-order valence-corrected chi connectivity index (χ0v) is 12.6. The van der Waals surface area contributed by atoms with Gasteiger partial charge in [0.1, 0.15) is 17.6 Å². The van der Waals surface area contributed by atoms with Crippen LogP contribution in [0.5, 0.6) is 0 Å². The third kappa shape index (κ3) is 3.00. The molecule has 0 amide bonds. The smallest absolute Gasteiger partial charge is 0.135 e. The van der Waals surface area contributed by atoms with Gasteiger partial charge in [0.05, 0.1) is 13.2 Å². The van der Waals surface area contributed by atoms with Crippen LogP contribution in [0.3, 0.4) is 0 Å². The monoisotopic (exact) mass is 289 g/mol. The van der Waals surface area contributed by atoms with Gasteiger partial charge in [0.25, 0.3) is 0 Å². The largest absolute Gasteiger partial charge is 0.394 e. The van der Waals surface area contributed by atoms with Crippen molar-refractivity contribution in [3.8, 4) is 0 Å². The lowest BCUT2D eigenvalue weighted by Crippen LogP contribution is -2.29. The Balaban J connectivity index is 2.19. The van der Waals surface area contributed by atoms with Gasteiger partial charge in [-0.15, -0.1) is 0 Å². The molecule has 0 saturated carbocycles. The van der Waals surface area contributed by atoms with Crippen molar-refractivity contribution in [3.63, 3.8) is 0 Å². The van der Waals surface area contributed by atoms with Gasteiger partial charge < -0.3 is 15.7 Å². The van der Waals surface area contributed by atoms with Crippen LogP contribution in [0.1, 0.15) is 25.3 Å². The van der Waals surface area contributed by atoms with Crippen LogP contribution in [0.4, 0.5) is 5.69 Å². The molecule has 1 atom stereocenters. The van der Waals surface area contributed by atoms with Crippen LogP contribution < -0.4 is 10.6 Å². The maximum Gasteiger partial charge on any atom is 0.135 e. The Hall–Kier alpha value is -2.08. The van der Waals surface area contributed by atoms with E-state index >= 15 is 0 Å². The number of nitrogens with one attached hydrogen (secondary N) is 1. The first-order chi connectivity index (χ1) is 10.1. The van der Waals surface area contributed by atoms with Gasteiger partial charge in [-0.1, -0.05) is 12.1 Å². The highest BCUT2D eigenvalue weighted by Crippen LogP contribution is 2.26. The number of benzene rings is 1. The van der Waals surface area contributed by atoms with Crippen LogP contribution >= 0.6 is 0 Å². The first kappa shape index (κ1) is 15.3. The molecule has 0 bridgehead atoms. The third-order valence-corrected chi connectivity index (χ3v) is 3.75. The summed E-state index contributed by atoms with van der Waals surface area (Å²) in [6, 6.07) is 8.10. The minimum absolute atomic E-state index is 0.0488. The van der Waals surface area contributed by atoms with E-state index in [1.807, 2.05) is 12.1 Å². The summed E-state index contributed by atoms with van der Waals surface area (Å²) < 4.78 is 0. The van der Waals surface area contributed by atoms with Crippen molar-refractivity contribution in [1.29, 1.82) is 5.41 Å². The SMILES string of the molecule is CCN(CC)c1ccc(C2C(=N)N(CCO)N=C2N)cc1. The first-order valence-corrected chi connectivity index (χ1v) is 7.28. The molecule has 0 radical (unpaired) electrons. The summed E-state index contributed by atoms with van der Waals surface area (Å²) in [5.74, 6) is 0.406. The van der Waals surface area contributed by atoms with Crippen LogP contribution in [0.15, 0.2) is 29.4 Å². The van der Waals surface area contributed by atoms with Crippen LogP contribution in [-0.4, -0.2) is 48.0 Å².